The standard InChI is InChI=1S/C15H12ClF3N4O2S/c1-25-11(24)3-2-6-26-13-12-21-22-14(15(17,18)19)23(12)10-7-8(16)4-5-9(10)20-13/h4-5,7H,2-3,6H2,1H3. The molecule has 138 valence electrons. The van der Waals surface area contributed by atoms with Crippen molar-refractivity contribution in [2.24, 2.45) is 0 Å². The summed E-state index contributed by atoms with van der Waals surface area (Å²) in [5, 5.41) is 7.54. The lowest BCUT2D eigenvalue weighted by Crippen LogP contribution is -2.11. The van der Waals surface area contributed by atoms with Gasteiger partial charge in [0.2, 0.25) is 5.82 Å². The van der Waals surface area contributed by atoms with Crippen LogP contribution in [0, 0.1) is 0 Å². The lowest BCUT2D eigenvalue weighted by Gasteiger charge is -2.10. The van der Waals surface area contributed by atoms with Crippen LogP contribution in [0.25, 0.3) is 16.7 Å². The van der Waals surface area contributed by atoms with Gasteiger partial charge in [0.05, 0.1) is 18.1 Å². The summed E-state index contributed by atoms with van der Waals surface area (Å²) >= 11 is 7.13. The molecule has 0 bridgehead atoms. The number of rotatable bonds is 5. The number of hydrogen-bond donors (Lipinski definition) is 0. The third-order valence-electron chi connectivity index (χ3n) is 3.50. The first-order valence-corrected chi connectivity index (χ1v) is 8.79. The van der Waals surface area contributed by atoms with Crippen LogP contribution in [0.15, 0.2) is 23.2 Å². The number of aromatic nitrogens is 4. The Morgan fingerprint density at radius 3 is 2.81 bits per heavy atom. The van der Waals surface area contributed by atoms with E-state index in [-0.39, 0.29) is 28.6 Å². The fourth-order valence-electron chi connectivity index (χ4n) is 2.35. The molecule has 11 heteroatoms. The van der Waals surface area contributed by atoms with Gasteiger partial charge in [0.25, 0.3) is 0 Å². The number of halogens is 4. The Kier molecular flexibility index (Phi) is 5.24. The van der Waals surface area contributed by atoms with Crippen molar-refractivity contribution in [3.63, 3.8) is 0 Å². The topological polar surface area (TPSA) is 69.4 Å². The van der Waals surface area contributed by atoms with Crippen LogP contribution in [-0.4, -0.2) is 38.4 Å². The summed E-state index contributed by atoms with van der Waals surface area (Å²) in [5.41, 5.74) is 0.501. The van der Waals surface area contributed by atoms with Crippen LogP contribution in [0.5, 0.6) is 0 Å². The van der Waals surface area contributed by atoms with Crippen molar-refractivity contribution < 1.29 is 22.7 Å². The number of alkyl halides is 3. The number of methoxy groups -OCH3 is 1. The van der Waals surface area contributed by atoms with Gasteiger partial charge in [-0.05, 0) is 24.6 Å². The molecule has 0 atom stereocenters. The molecule has 6 nitrogen and oxygen atoms in total. The van der Waals surface area contributed by atoms with Gasteiger partial charge in [-0.15, -0.1) is 22.0 Å². The van der Waals surface area contributed by atoms with Crippen LogP contribution in [-0.2, 0) is 15.7 Å². The number of fused-ring (bicyclic) bond motifs is 3. The number of hydrogen-bond acceptors (Lipinski definition) is 6. The van der Waals surface area contributed by atoms with E-state index in [4.69, 9.17) is 11.6 Å². The molecule has 0 aliphatic rings. The SMILES string of the molecule is COC(=O)CCCSc1nc2ccc(Cl)cc2n2c(C(F)(F)F)nnc12. The first-order valence-electron chi connectivity index (χ1n) is 7.42. The number of esters is 1. The summed E-state index contributed by atoms with van der Waals surface area (Å²) in [4.78, 5) is 15.5. The third kappa shape index (κ3) is 3.70. The van der Waals surface area contributed by atoms with E-state index in [1.54, 1.807) is 6.07 Å². The van der Waals surface area contributed by atoms with Gasteiger partial charge < -0.3 is 4.74 Å². The van der Waals surface area contributed by atoms with E-state index < -0.39 is 12.0 Å². The Hall–Kier alpha value is -2.07. The largest absolute Gasteiger partial charge is 0.469 e. The van der Waals surface area contributed by atoms with E-state index in [0.29, 0.717) is 22.7 Å². The summed E-state index contributed by atoms with van der Waals surface area (Å²) in [6, 6.07) is 4.48. The van der Waals surface area contributed by atoms with Crippen molar-refractivity contribution >= 4 is 46.0 Å². The maximum absolute atomic E-state index is 13.3. The van der Waals surface area contributed by atoms with E-state index in [2.05, 4.69) is 19.9 Å². The van der Waals surface area contributed by atoms with Gasteiger partial charge in [0.1, 0.15) is 5.03 Å². The van der Waals surface area contributed by atoms with Gasteiger partial charge in [-0.25, -0.2) is 4.98 Å². The monoisotopic (exact) mass is 404 g/mol. The van der Waals surface area contributed by atoms with Gasteiger partial charge in [-0.2, -0.15) is 13.2 Å². The predicted octanol–water partition coefficient (Wildman–Crippen LogP) is 4.00. The first kappa shape index (κ1) is 18.7. The average Bonchev–Trinajstić information content (AvgIpc) is 3.04. The number of thioether (sulfide) groups is 1. The van der Waals surface area contributed by atoms with Gasteiger partial charge in [0, 0.05) is 17.2 Å². The van der Waals surface area contributed by atoms with Crippen molar-refractivity contribution in [3.8, 4) is 0 Å². The summed E-state index contributed by atoms with van der Waals surface area (Å²) in [6.45, 7) is 0. The molecule has 26 heavy (non-hydrogen) atoms. The number of ether oxygens (including phenoxy) is 1. The molecule has 0 aliphatic carbocycles. The molecule has 0 aliphatic heterocycles. The fraction of sp³-hybridized carbons (Fsp3) is 0.333. The molecular formula is C15H12ClF3N4O2S. The number of carbonyl (C=O) groups excluding carboxylic acids is 1. The van der Waals surface area contributed by atoms with E-state index in [1.165, 1.54) is 31.0 Å². The smallest absolute Gasteiger partial charge is 0.452 e. The molecular weight excluding hydrogens is 393 g/mol. The van der Waals surface area contributed by atoms with Crippen molar-refractivity contribution in [2.75, 3.05) is 12.9 Å². The molecule has 0 fully saturated rings. The van der Waals surface area contributed by atoms with Crippen molar-refractivity contribution in [1.29, 1.82) is 0 Å². The van der Waals surface area contributed by atoms with E-state index in [0.717, 1.165) is 4.40 Å². The van der Waals surface area contributed by atoms with Gasteiger partial charge >= 0.3 is 12.1 Å². The molecule has 0 N–H and O–H groups in total. The van der Waals surface area contributed by atoms with E-state index >= 15 is 0 Å². The first-order chi connectivity index (χ1) is 12.3. The maximum Gasteiger partial charge on any atom is 0.452 e. The Morgan fingerprint density at radius 1 is 1.35 bits per heavy atom. The van der Waals surface area contributed by atoms with E-state index in [9.17, 15) is 18.0 Å². The number of benzene rings is 1. The second-order valence-corrected chi connectivity index (χ2v) is 6.78. The Balaban J connectivity index is 2.05. The Morgan fingerprint density at radius 2 is 2.12 bits per heavy atom. The summed E-state index contributed by atoms with van der Waals surface area (Å²) in [7, 11) is 1.30. The highest BCUT2D eigenvalue weighted by Gasteiger charge is 2.38. The lowest BCUT2D eigenvalue weighted by atomic mass is 10.3. The fourth-order valence-corrected chi connectivity index (χ4v) is 3.42. The Labute approximate surface area is 154 Å². The minimum absolute atomic E-state index is 0.00448. The number of carbonyl (C=O) groups is 1. The van der Waals surface area contributed by atoms with Crippen LogP contribution in [0.1, 0.15) is 18.7 Å². The zero-order valence-electron chi connectivity index (χ0n) is 13.4. The molecule has 0 saturated carbocycles. The van der Waals surface area contributed by atoms with Crippen LogP contribution >= 0.6 is 23.4 Å². The quantitative estimate of drug-likeness (QED) is 0.364. The zero-order chi connectivity index (χ0) is 18.9. The van der Waals surface area contributed by atoms with Crippen LogP contribution in [0.4, 0.5) is 13.2 Å². The minimum Gasteiger partial charge on any atom is -0.469 e. The van der Waals surface area contributed by atoms with Crippen LogP contribution in [0.2, 0.25) is 5.02 Å². The van der Waals surface area contributed by atoms with Gasteiger partial charge in [0.15, 0.2) is 5.65 Å². The van der Waals surface area contributed by atoms with Crippen LogP contribution < -0.4 is 0 Å². The van der Waals surface area contributed by atoms with E-state index in [1.807, 2.05) is 0 Å². The van der Waals surface area contributed by atoms with Crippen molar-refractivity contribution in [3.05, 3.63) is 29.0 Å². The summed E-state index contributed by atoms with van der Waals surface area (Å²) in [5.74, 6) is -1.03. The highest BCUT2D eigenvalue weighted by atomic mass is 35.5. The van der Waals surface area contributed by atoms with Crippen molar-refractivity contribution in [1.82, 2.24) is 19.6 Å². The zero-order valence-corrected chi connectivity index (χ0v) is 15.0. The van der Waals surface area contributed by atoms with Crippen molar-refractivity contribution in [2.45, 2.75) is 24.0 Å². The second kappa shape index (κ2) is 7.28. The number of nitrogens with zero attached hydrogens (tertiary/aromatic N) is 4. The minimum atomic E-state index is -4.68. The molecule has 0 saturated heterocycles. The van der Waals surface area contributed by atoms with Gasteiger partial charge in [-0.1, -0.05) is 11.6 Å². The third-order valence-corrected chi connectivity index (χ3v) is 4.78. The molecule has 0 unspecified atom stereocenters. The molecule has 2 aromatic heterocycles. The second-order valence-electron chi connectivity index (χ2n) is 5.26. The summed E-state index contributed by atoms with van der Waals surface area (Å²) in [6.07, 6.45) is -3.98. The molecule has 0 amide bonds. The normalized spacial score (nSPS) is 12.0. The summed E-state index contributed by atoms with van der Waals surface area (Å²) < 4.78 is 45.4. The Bertz CT molecular complexity index is 977. The molecule has 0 radical (unpaired) electrons. The molecule has 1 aromatic carbocycles. The molecule has 2 heterocycles. The molecule has 0 spiro atoms. The van der Waals surface area contributed by atoms with Gasteiger partial charge in [-0.3, -0.25) is 9.20 Å². The molecule has 3 rings (SSSR count). The predicted molar refractivity (Wildman–Crippen MR) is 90.3 cm³/mol. The highest BCUT2D eigenvalue weighted by Crippen LogP contribution is 2.33. The lowest BCUT2D eigenvalue weighted by molar-refractivity contribution is -0.145. The highest BCUT2D eigenvalue weighted by molar-refractivity contribution is 7.99. The average molecular weight is 405 g/mol. The van der Waals surface area contributed by atoms with Crippen LogP contribution in [0.3, 0.4) is 0 Å². The maximum atomic E-state index is 13.3. The molecule has 3 aromatic rings.